The van der Waals surface area contributed by atoms with Crippen LogP contribution in [-0.2, 0) is 38.8 Å². The molecule has 0 bridgehead atoms. The van der Waals surface area contributed by atoms with Gasteiger partial charge < -0.3 is 10.2 Å². The van der Waals surface area contributed by atoms with E-state index in [1.165, 1.54) is 11.0 Å². The van der Waals surface area contributed by atoms with Crippen LogP contribution in [0.2, 0.25) is 0 Å². The molecular weight excluding hydrogens is 543 g/mol. The SMILES string of the molecule is CCNC(=O)[C@H](Cc1ccccc1)N(Cc1cccc(C)c1)C(=O)CN(c1cccc(C(F)(F)F)c1)S(C)(=O)=O. The molecule has 7 nitrogen and oxygen atoms in total. The Hall–Kier alpha value is -3.86. The van der Waals surface area contributed by atoms with Crippen LogP contribution < -0.4 is 9.62 Å². The van der Waals surface area contributed by atoms with Crippen LogP contribution in [-0.4, -0.2) is 50.5 Å². The first-order chi connectivity index (χ1) is 18.8. The van der Waals surface area contributed by atoms with Gasteiger partial charge in [-0.05, 0) is 43.2 Å². The maximum absolute atomic E-state index is 13.9. The van der Waals surface area contributed by atoms with Crippen LogP contribution in [0, 0.1) is 6.92 Å². The molecule has 214 valence electrons. The number of anilines is 1. The van der Waals surface area contributed by atoms with Gasteiger partial charge in [0.05, 0.1) is 17.5 Å². The number of benzene rings is 3. The lowest BCUT2D eigenvalue weighted by molar-refractivity contribution is -0.140. The summed E-state index contributed by atoms with van der Waals surface area (Å²) in [5.74, 6) is -1.17. The van der Waals surface area contributed by atoms with Gasteiger partial charge in [-0.2, -0.15) is 13.2 Å². The van der Waals surface area contributed by atoms with Gasteiger partial charge >= 0.3 is 6.18 Å². The molecule has 0 radical (unpaired) electrons. The van der Waals surface area contributed by atoms with E-state index in [4.69, 9.17) is 0 Å². The first-order valence-corrected chi connectivity index (χ1v) is 14.5. The van der Waals surface area contributed by atoms with Gasteiger partial charge in [0, 0.05) is 19.5 Å². The summed E-state index contributed by atoms with van der Waals surface area (Å²) in [5.41, 5.74) is 1.05. The van der Waals surface area contributed by atoms with Crippen molar-refractivity contribution < 1.29 is 31.2 Å². The number of carbonyl (C=O) groups is 2. The molecule has 3 aromatic rings. The third-order valence-electron chi connectivity index (χ3n) is 6.20. The van der Waals surface area contributed by atoms with Gasteiger partial charge in [0.1, 0.15) is 12.6 Å². The third-order valence-corrected chi connectivity index (χ3v) is 7.34. The van der Waals surface area contributed by atoms with E-state index in [1.54, 1.807) is 31.2 Å². The van der Waals surface area contributed by atoms with Crippen LogP contribution in [0.15, 0.2) is 78.9 Å². The molecule has 1 atom stereocenters. The fourth-order valence-electron chi connectivity index (χ4n) is 4.30. The van der Waals surface area contributed by atoms with E-state index < -0.39 is 46.2 Å². The minimum absolute atomic E-state index is 0.0185. The molecule has 0 spiro atoms. The standard InChI is InChI=1S/C29H32F3N3O4S/c1-4-33-28(37)26(17-22-11-6-5-7-12-22)34(19-23-13-8-10-21(2)16-23)27(36)20-35(40(3,38)39)25-15-9-14-24(18-25)29(30,31)32/h5-16,18,26H,4,17,19-20H2,1-3H3,(H,33,37)/t26-/m0/s1. The maximum atomic E-state index is 13.9. The van der Waals surface area contributed by atoms with Gasteiger partial charge in [-0.15, -0.1) is 0 Å². The summed E-state index contributed by atoms with van der Waals surface area (Å²) >= 11 is 0. The van der Waals surface area contributed by atoms with Gasteiger partial charge in [0.15, 0.2) is 0 Å². The topological polar surface area (TPSA) is 86.8 Å². The summed E-state index contributed by atoms with van der Waals surface area (Å²) in [5, 5.41) is 2.75. The van der Waals surface area contributed by atoms with Crippen molar-refractivity contribution in [2.45, 2.75) is 39.0 Å². The lowest BCUT2D eigenvalue weighted by atomic mass is 10.0. The zero-order valence-corrected chi connectivity index (χ0v) is 23.3. The predicted molar refractivity (Wildman–Crippen MR) is 148 cm³/mol. The predicted octanol–water partition coefficient (Wildman–Crippen LogP) is 4.56. The fraction of sp³-hybridized carbons (Fsp3) is 0.310. The molecule has 0 aliphatic carbocycles. The van der Waals surface area contributed by atoms with E-state index in [2.05, 4.69) is 5.32 Å². The highest BCUT2D eigenvalue weighted by Gasteiger charge is 2.34. The first-order valence-electron chi connectivity index (χ1n) is 12.6. The van der Waals surface area contributed by atoms with E-state index in [0.29, 0.717) is 22.5 Å². The number of halogens is 3. The summed E-state index contributed by atoms with van der Waals surface area (Å²) in [7, 11) is -4.19. The molecule has 11 heteroatoms. The van der Waals surface area contributed by atoms with E-state index in [0.717, 1.165) is 29.5 Å². The number of likely N-dealkylation sites (N-methyl/N-ethyl adjacent to an activating group) is 1. The second-order valence-corrected chi connectivity index (χ2v) is 11.3. The number of sulfonamides is 1. The maximum Gasteiger partial charge on any atom is 0.416 e. The third kappa shape index (κ3) is 8.32. The first kappa shape index (κ1) is 30.7. The van der Waals surface area contributed by atoms with Gasteiger partial charge in [-0.25, -0.2) is 8.42 Å². The fourth-order valence-corrected chi connectivity index (χ4v) is 5.15. The molecule has 40 heavy (non-hydrogen) atoms. The van der Waals surface area contributed by atoms with Gasteiger partial charge in [-0.1, -0.05) is 66.2 Å². The van der Waals surface area contributed by atoms with Gasteiger partial charge in [0.2, 0.25) is 21.8 Å². The average Bonchev–Trinajstić information content (AvgIpc) is 2.89. The minimum atomic E-state index is -4.71. The average molecular weight is 576 g/mol. The summed E-state index contributed by atoms with van der Waals surface area (Å²) < 4.78 is 66.3. The Bertz CT molecular complexity index is 1430. The summed E-state index contributed by atoms with van der Waals surface area (Å²) in [6, 6.07) is 19.1. The lowest BCUT2D eigenvalue weighted by Crippen LogP contribution is -2.53. The molecular formula is C29H32F3N3O4S. The van der Waals surface area contributed by atoms with E-state index in [9.17, 15) is 31.2 Å². The Morgan fingerprint density at radius 3 is 2.17 bits per heavy atom. The number of amides is 2. The largest absolute Gasteiger partial charge is 0.416 e. The molecule has 1 N–H and O–H groups in total. The molecule has 0 saturated heterocycles. The van der Waals surface area contributed by atoms with Crippen molar-refractivity contribution >= 4 is 27.5 Å². The molecule has 2 amide bonds. The zero-order chi connectivity index (χ0) is 29.5. The molecule has 0 unspecified atom stereocenters. The van der Waals surface area contributed by atoms with E-state index in [-0.39, 0.29) is 18.7 Å². The van der Waals surface area contributed by atoms with Gasteiger partial charge in [0.25, 0.3) is 0 Å². The summed E-state index contributed by atoms with van der Waals surface area (Å²) in [4.78, 5) is 28.5. The van der Waals surface area contributed by atoms with Crippen molar-refractivity contribution in [1.29, 1.82) is 0 Å². The molecule has 3 rings (SSSR count). The van der Waals surface area contributed by atoms with Crippen molar-refractivity contribution in [2.24, 2.45) is 0 Å². The zero-order valence-electron chi connectivity index (χ0n) is 22.5. The van der Waals surface area contributed by atoms with E-state index in [1.807, 2.05) is 37.3 Å². The molecule has 0 aromatic heterocycles. The van der Waals surface area contributed by atoms with Crippen molar-refractivity contribution in [1.82, 2.24) is 10.2 Å². The van der Waals surface area contributed by atoms with Crippen molar-refractivity contribution in [3.8, 4) is 0 Å². The van der Waals surface area contributed by atoms with Crippen LogP contribution in [0.4, 0.5) is 18.9 Å². The number of carbonyl (C=O) groups excluding carboxylic acids is 2. The summed E-state index contributed by atoms with van der Waals surface area (Å²) in [6.45, 7) is 3.10. The molecule has 0 heterocycles. The highest BCUT2D eigenvalue weighted by atomic mass is 32.2. The van der Waals surface area contributed by atoms with Crippen molar-refractivity contribution in [2.75, 3.05) is 23.7 Å². The molecule has 0 aliphatic rings. The number of nitrogens with one attached hydrogen (secondary N) is 1. The smallest absolute Gasteiger partial charge is 0.355 e. The quantitative estimate of drug-likeness (QED) is 0.363. The highest BCUT2D eigenvalue weighted by Crippen LogP contribution is 2.32. The molecule has 0 aliphatic heterocycles. The molecule has 0 saturated carbocycles. The van der Waals surface area contributed by atoms with Crippen LogP contribution in [0.3, 0.4) is 0 Å². The van der Waals surface area contributed by atoms with Crippen LogP contribution >= 0.6 is 0 Å². The highest BCUT2D eigenvalue weighted by molar-refractivity contribution is 7.92. The minimum Gasteiger partial charge on any atom is -0.355 e. The number of aryl methyl sites for hydroxylation is 1. The van der Waals surface area contributed by atoms with Crippen molar-refractivity contribution in [3.63, 3.8) is 0 Å². The van der Waals surface area contributed by atoms with Crippen LogP contribution in [0.25, 0.3) is 0 Å². The number of hydrogen-bond acceptors (Lipinski definition) is 4. The molecule has 3 aromatic carbocycles. The second-order valence-electron chi connectivity index (χ2n) is 9.43. The second kappa shape index (κ2) is 13.0. The molecule has 0 fully saturated rings. The lowest BCUT2D eigenvalue weighted by Gasteiger charge is -2.33. The van der Waals surface area contributed by atoms with Gasteiger partial charge in [-0.3, -0.25) is 13.9 Å². The normalized spacial score (nSPS) is 12.4. The summed E-state index contributed by atoms with van der Waals surface area (Å²) in [6.07, 6.45) is -3.75. The monoisotopic (exact) mass is 575 g/mol. The number of alkyl halides is 3. The Morgan fingerprint density at radius 1 is 0.925 bits per heavy atom. The Kier molecular flexibility index (Phi) is 9.97. The van der Waals surface area contributed by atoms with Crippen LogP contribution in [0.1, 0.15) is 29.2 Å². The number of hydrogen-bond donors (Lipinski definition) is 1. The Morgan fingerprint density at radius 2 is 1.57 bits per heavy atom. The number of rotatable bonds is 11. The van der Waals surface area contributed by atoms with E-state index >= 15 is 0 Å². The Labute approximate surface area is 232 Å². The Balaban J connectivity index is 2.06. The van der Waals surface area contributed by atoms with Crippen LogP contribution in [0.5, 0.6) is 0 Å². The number of nitrogens with zero attached hydrogens (tertiary/aromatic N) is 2. The van der Waals surface area contributed by atoms with Crippen molar-refractivity contribution in [3.05, 3.63) is 101 Å².